The highest BCUT2D eigenvalue weighted by Gasteiger charge is 2.30. The summed E-state index contributed by atoms with van der Waals surface area (Å²) in [6.07, 6.45) is 2.45. The molecule has 86 valence electrons. The lowest BCUT2D eigenvalue weighted by Crippen LogP contribution is -2.15. The van der Waals surface area contributed by atoms with E-state index < -0.39 is 11.6 Å². The molecule has 0 saturated carbocycles. The molecule has 0 amide bonds. The Hall–Kier alpha value is -1.16. The van der Waals surface area contributed by atoms with Crippen LogP contribution in [0.2, 0.25) is 0 Å². The van der Waals surface area contributed by atoms with E-state index in [1.807, 2.05) is 0 Å². The third kappa shape index (κ3) is 1.40. The van der Waals surface area contributed by atoms with Crippen LogP contribution < -0.4 is 10.1 Å². The van der Waals surface area contributed by atoms with E-state index >= 15 is 0 Å². The summed E-state index contributed by atoms with van der Waals surface area (Å²) < 4.78 is 32.7. The van der Waals surface area contributed by atoms with Crippen LogP contribution in [0.1, 0.15) is 30.0 Å². The Bertz CT molecular complexity index is 428. The van der Waals surface area contributed by atoms with Crippen LogP contribution in [0.15, 0.2) is 6.07 Å². The van der Waals surface area contributed by atoms with Crippen LogP contribution in [0.4, 0.5) is 8.78 Å². The fourth-order valence-corrected chi connectivity index (χ4v) is 2.56. The van der Waals surface area contributed by atoms with Gasteiger partial charge in [-0.2, -0.15) is 0 Å². The van der Waals surface area contributed by atoms with Gasteiger partial charge in [0.2, 0.25) is 0 Å². The first-order valence-corrected chi connectivity index (χ1v) is 5.64. The van der Waals surface area contributed by atoms with Crippen LogP contribution in [0.3, 0.4) is 0 Å². The highest BCUT2D eigenvalue weighted by molar-refractivity contribution is 5.47. The minimum absolute atomic E-state index is 0.0209. The van der Waals surface area contributed by atoms with Gasteiger partial charge in [0.25, 0.3) is 0 Å². The van der Waals surface area contributed by atoms with Gasteiger partial charge in [-0.1, -0.05) is 0 Å². The zero-order valence-electron chi connectivity index (χ0n) is 8.85. The predicted molar refractivity (Wildman–Crippen MR) is 55.5 cm³/mol. The fourth-order valence-electron chi connectivity index (χ4n) is 2.56. The molecule has 1 saturated heterocycles. The van der Waals surface area contributed by atoms with E-state index in [2.05, 4.69) is 5.32 Å². The van der Waals surface area contributed by atoms with Crippen LogP contribution in [-0.4, -0.2) is 13.2 Å². The van der Waals surface area contributed by atoms with E-state index in [1.54, 1.807) is 0 Å². The van der Waals surface area contributed by atoms with Gasteiger partial charge in [-0.05, 0) is 19.4 Å². The summed E-state index contributed by atoms with van der Waals surface area (Å²) in [4.78, 5) is 0. The maximum absolute atomic E-state index is 13.8. The van der Waals surface area contributed by atoms with Gasteiger partial charge in [-0.3, -0.25) is 0 Å². The number of fused-ring (bicyclic) bond motifs is 1. The number of nitrogens with one attached hydrogen (secondary N) is 1. The predicted octanol–water partition coefficient (Wildman–Crippen LogP) is 2.32. The Labute approximate surface area is 92.6 Å². The number of hydrogen-bond acceptors (Lipinski definition) is 2. The van der Waals surface area contributed by atoms with Crippen molar-refractivity contribution >= 4 is 0 Å². The Morgan fingerprint density at radius 2 is 2.19 bits per heavy atom. The van der Waals surface area contributed by atoms with Crippen molar-refractivity contribution in [2.45, 2.75) is 25.3 Å². The van der Waals surface area contributed by atoms with E-state index in [9.17, 15) is 8.78 Å². The average molecular weight is 225 g/mol. The SMILES string of the molecule is Fc1cc(F)c(C2CCCN2)c2c1CCO2. The smallest absolute Gasteiger partial charge is 0.134 e. The first-order valence-electron chi connectivity index (χ1n) is 5.64. The van der Waals surface area contributed by atoms with Gasteiger partial charge in [0.1, 0.15) is 17.4 Å². The number of halogens is 2. The van der Waals surface area contributed by atoms with Gasteiger partial charge in [0.05, 0.1) is 6.61 Å². The summed E-state index contributed by atoms with van der Waals surface area (Å²) in [6.45, 7) is 1.34. The average Bonchev–Trinajstić information content (AvgIpc) is 2.86. The summed E-state index contributed by atoms with van der Waals surface area (Å²) in [5.41, 5.74) is 1.05. The lowest BCUT2D eigenvalue weighted by molar-refractivity contribution is 0.346. The first kappa shape index (κ1) is 10.0. The number of hydrogen-bond donors (Lipinski definition) is 1. The molecule has 0 aromatic heterocycles. The van der Waals surface area contributed by atoms with Gasteiger partial charge < -0.3 is 10.1 Å². The highest BCUT2D eigenvalue weighted by atomic mass is 19.1. The number of rotatable bonds is 1. The Morgan fingerprint density at radius 1 is 1.31 bits per heavy atom. The van der Waals surface area contributed by atoms with Crippen molar-refractivity contribution in [1.82, 2.24) is 5.32 Å². The van der Waals surface area contributed by atoms with Crippen LogP contribution in [0.5, 0.6) is 5.75 Å². The Kier molecular flexibility index (Phi) is 2.32. The van der Waals surface area contributed by atoms with Gasteiger partial charge >= 0.3 is 0 Å². The van der Waals surface area contributed by atoms with Crippen molar-refractivity contribution in [1.29, 1.82) is 0 Å². The molecule has 0 bridgehead atoms. The normalized spacial score (nSPS) is 23.2. The van der Waals surface area contributed by atoms with Crippen LogP contribution in [0, 0.1) is 11.6 Å². The second-order valence-corrected chi connectivity index (χ2v) is 4.31. The largest absolute Gasteiger partial charge is 0.492 e. The quantitative estimate of drug-likeness (QED) is 0.792. The molecule has 0 radical (unpaired) electrons. The molecular weight excluding hydrogens is 212 g/mol. The van der Waals surface area contributed by atoms with Crippen molar-refractivity contribution in [2.24, 2.45) is 0 Å². The summed E-state index contributed by atoms with van der Waals surface area (Å²) in [7, 11) is 0. The number of benzene rings is 1. The molecule has 1 atom stereocenters. The molecule has 1 N–H and O–H groups in total. The van der Waals surface area contributed by atoms with E-state index in [0.717, 1.165) is 25.5 Å². The summed E-state index contributed by atoms with van der Waals surface area (Å²) >= 11 is 0. The topological polar surface area (TPSA) is 21.3 Å². The Morgan fingerprint density at radius 3 is 2.94 bits per heavy atom. The molecule has 2 aliphatic rings. The van der Waals surface area contributed by atoms with Crippen molar-refractivity contribution in [3.8, 4) is 5.75 Å². The first-order chi connectivity index (χ1) is 7.77. The van der Waals surface area contributed by atoms with Gasteiger partial charge in [0.15, 0.2) is 0 Å². The second-order valence-electron chi connectivity index (χ2n) is 4.31. The van der Waals surface area contributed by atoms with E-state index in [4.69, 9.17) is 4.74 Å². The minimum atomic E-state index is -0.488. The third-order valence-corrected chi connectivity index (χ3v) is 3.32. The lowest BCUT2D eigenvalue weighted by atomic mass is 9.99. The Balaban J connectivity index is 2.12. The minimum Gasteiger partial charge on any atom is -0.492 e. The zero-order chi connectivity index (χ0) is 11.1. The standard InChI is InChI=1S/C12H13F2NO/c13-8-6-9(14)11(10-2-1-4-15-10)12-7(8)3-5-16-12/h6,10,15H,1-5H2. The molecule has 1 aromatic carbocycles. The molecule has 1 aromatic rings. The van der Waals surface area contributed by atoms with Gasteiger partial charge in [-0.25, -0.2) is 8.78 Å². The van der Waals surface area contributed by atoms with Crippen LogP contribution in [0.25, 0.3) is 0 Å². The molecule has 3 rings (SSSR count). The second kappa shape index (κ2) is 3.70. The molecule has 2 heterocycles. The molecule has 4 heteroatoms. The molecule has 2 nitrogen and oxygen atoms in total. The summed E-state index contributed by atoms with van der Waals surface area (Å²) in [5.74, 6) is -0.527. The van der Waals surface area contributed by atoms with Crippen LogP contribution in [-0.2, 0) is 6.42 Å². The number of ether oxygens (including phenoxy) is 1. The molecule has 16 heavy (non-hydrogen) atoms. The summed E-state index contributed by atoms with van der Waals surface area (Å²) in [5, 5.41) is 3.22. The van der Waals surface area contributed by atoms with Crippen molar-refractivity contribution in [2.75, 3.05) is 13.2 Å². The molecule has 0 aliphatic carbocycles. The maximum Gasteiger partial charge on any atom is 0.134 e. The third-order valence-electron chi connectivity index (χ3n) is 3.32. The molecule has 1 fully saturated rings. The van der Waals surface area contributed by atoms with Gasteiger partial charge in [-0.15, -0.1) is 0 Å². The fraction of sp³-hybridized carbons (Fsp3) is 0.500. The molecule has 0 spiro atoms. The molecule has 2 aliphatic heterocycles. The van der Waals surface area contributed by atoms with E-state index in [1.165, 1.54) is 0 Å². The van der Waals surface area contributed by atoms with Crippen LogP contribution >= 0.6 is 0 Å². The van der Waals surface area contributed by atoms with Crippen molar-refractivity contribution in [3.05, 3.63) is 28.8 Å². The summed E-state index contributed by atoms with van der Waals surface area (Å²) in [6, 6.07) is 0.968. The zero-order valence-corrected chi connectivity index (χ0v) is 8.85. The molecule has 1 unspecified atom stereocenters. The molecular formula is C12H13F2NO. The highest BCUT2D eigenvalue weighted by Crippen LogP contribution is 2.39. The maximum atomic E-state index is 13.8. The lowest BCUT2D eigenvalue weighted by Gasteiger charge is -2.16. The van der Waals surface area contributed by atoms with E-state index in [-0.39, 0.29) is 6.04 Å². The monoisotopic (exact) mass is 225 g/mol. The van der Waals surface area contributed by atoms with Crippen molar-refractivity contribution < 1.29 is 13.5 Å². The van der Waals surface area contributed by atoms with E-state index in [0.29, 0.717) is 29.9 Å². The van der Waals surface area contributed by atoms with Crippen molar-refractivity contribution in [3.63, 3.8) is 0 Å². The van der Waals surface area contributed by atoms with Gasteiger partial charge in [0, 0.05) is 29.7 Å².